The summed E-state index contributed by atoms with van der Waals surface area (Å²) in [6.07, 6.45) is 3.53. The van der Waals surface area contributed by atoms with Gasteiger partial charge in [0.25, 0.3) is 0 Å². The summed E-state index contributed by atoms with van der Waals surface area (Å²) >= 11 is 0. The lowest BCUT2D eigenvalue weighted by atomic mass is 9.79. The Balaban J connectivity index is 1.88. The Labute approximate surface area is 79.6 Å². The fraction of sp³-hybridized carbons (Fsp3) is 1.00. The van der Waals surface area contributed by atoms with Crippen molar-refractivity contribution in [3.63, 3.8) is 0 Å². The van der Waals surface area contributed by atoms with E-state index in [9.17, 15) is 0 Å². The predicted molar refractivity (Wildman–Crippen MR) is 50.4 cm³/mol. The Kier molecular flexibility index (Phi) is 3.19. The van der Waals surface area contributed by atoms with E-state index in [0.717, 1.165) is 38.8 Å². The number of hydrogen-bond acceptors (Lipinski definition) is 3. The monoisotopic (exact) mass is 185 g/mol. The molecule has 0 spiro atoms. The summed E-state index contributed by atoms with van der Waals surface area (Å²) in [5.74, 6) is 1.46. The Bertz CT molecular complexity index is 157. The number of ether oxygens (including phenoxy) is 2. The third-order valence-corrected chi connectivity index (χ3v) is 3.33. The average Bonchev–Trinajstić information content (AvgIpc) is 2.20. The first-order valence-corrected chi connectivity index (χ1v) is 5.29. The molecule has 2 N–H and O–H groups in total. The first-order valence-electron chi connectivity index (χ1n) is 5.29. The molecule has 0 bridgehead atoms. The van der Waals surface area contributed by atoms with Gasteiger partial charge in [-0.15, -0.1) is 0 Å². The molecule has 2 rings (SSSR count). The number of nitrogens with two attached hydrogens (primary N) is 1. The van der Waals surface area contributed by atoms with Crippen molar-refractivity contribution in [2.24, 2.45) is 17.6 Å². The lowest BCUT2D eigenvalue weighted by molar-refractivity contribution is -0.00904. The summed E-state index contributed by atoms with van der Waals surface area (Å²) in [4.78, 5) is 0. The zero-order valence-electron chi connectivity index (χ0n) is 8.08. The van der Waals surface area contributed by atoms with Gasteiger partial charge < -0.3 is 15.2 Å². The van der Waals surface area contributed by atoms with Crippen molar-refractivity contribution in [2.45, 2.75) is 25.3 Å². The summed E-state index contributed by atoms with van der Waals surface area (Å²) in [5, 5.41) is 0. The van der Waals surface area contributed by atoms with E-state index >= 15 is 0 Å². The molecule has 0 aromatic carbocycles. The van der Waals surface area contributed by atoms with Crippen molar-refractivity contribution in [3.05, 3.63) is 0 Å². The molecule has 0 radical (unpaired) electrons. The molecule has 3 nitrogen and oxygen atoms in total. The largest absolute Gasteiger partial charge is 0.381 e. The minimum Gasteiger partial charge on any atom is -0.381 e. The van der Waals surface area contributed by atoms with Crippen molar-refractivity contribution in [3.8, 4) is 0 Å². The fourth-order valence-corrected chi connectivity index (χ4v) is 2.51. The summed E-state index contributed by atoms with van der Waals surface area (Å²) in [5.41, 5.74) is 6.04. The maximum Gasteiger partial charge on any atom is 0.0620 e. The van der Waals surface area contributed by atoms with Crippen LogP contribution in [0.2, 0.25) is 0 Å². The second kappa shape index (κ2) is 4.40. The standard InChI is InChI=1S/C10H19NO2/c11-10-7-13-6-3-9(10)8-1-4-12-5-2-8/h8-10H,1-7,11H2. The van der Waals surface area contributed by atoms with Crippen LogP contribution in [-0.4, -0.2) is 32.5 Å². The van der Waals surface area contributed by atoms with Crippen LogP contribution in [0.4, 0.5) is 0 Å². The normalized spacial score (nSPS) is 37.6. The smallest absolute Gasteiger partial charge is 0.0620 e. The van der Waals surface area contributed by atoms with E-state index in [1.807, 2.05) is 0 Å². The zero-order chi connectivity index (χ0) is 9.10. The Morgan fingerprint density at radius 2 is 1.62 bits per heavy atom. The van der Waals surface area contributed by atoms with Gasteiger partial charge in [0.15, 0.2) is 0 Å². The van der Waals surface area contributed by atoms with Gasteiger partial charge in [0.1, 0.15) is 0 Å². The second-order valence-corrected chi connectivity index (χ2v) is 4.14. The third-order valence-electron chi connectivity index (χ3n) is 3.33. The third kappa shape index (κ3) is 2.22. The SMILES string of the molecule is NC1COCCC1C1CCOCC1. The van der Waals surface area contributed by atoms with Crippen LogP contribution >= 0.6 is 0 Å². The second-order valence-electron chi connectivity index (χ2n) is 4.14. The van der Waals surface area contributed by atoms with Crippen LogP contribution in [0.1, 0.15) is 19.3 Å². The molecule has 2 heterocycles. The summed E-state index contributed by atoms with van der Waals surface area (Å²) in [7, 11) is 0. The van der Waals surface area contributed by atoms with Gasteiger partial charge in [-0.2, -0.15) is 0 Å². The maximum atomic E-state index is 6.04. The molecule has 2 fully saturated rings. The number of rotatable bonds is 1. The predicted octanol–water partition coefficient (Wildman–Crippen LogP) is 0.777. The van der Waals surface area contributed by atoms with E-state index < -0.39 is 0 Å². The van der Waals surface area contributed by atoms with E-state index in [1.165, 1.54) is 12.8 Å². The minimum absolute atomic E-state index is 0.261. The molecule has 0 aliphatic carbocycles. The van der Waals surface area contributed by atoms with Crippen LogP contribution < -0.4 is 5.73 Å². The molecule has 2 aliphatic heterocycles. The van der Waals surface area contributed by atoms with Gasteiger partial charge in [0.2, 0.25) is 0 Å². The molecular weight excluding hydrogens is 166 g/mol. The maximum absolute atomic E-state index is 6.04. The topological polar surface area (TPSA) is 44.5 Å². The molecule has 0 aromatic rings. The molecular formula is C10H19NO2. The van der Waals surface area contributed by atoms with Gasteiger partial charge in [0, 0.05) is 25.9 Å². The summed E-state index contributed by atoms with van der Waals surface area (Å²) < 4.78 is 10.7. The van der Waals surface area contributed by atoms with Crippen LogP contribution in [0.5, 0.6) is 0 Å². The van der Waals surface area contributed by atoms with E-state index in [-0.39, 0.29) is 6.04 Å². The Hall–Kier alpha value is -0.120. The Morgan fingerprint density at radius 3 is 2.31 bits per heavy atom. The number of hydrogen-bond donors (Lipinski definition) is 1. The van der Waals surface area contributed by atoms with Gasteiger partial charge in [-0.05, 0) is 31.1 Å². The molecule has 2 atom stereocenters. The highest BCUT2D eigenvalue weighted by molar-refractivity contribution is 4.83. The summed E-state index contributed by atoms with van der Waals surface area (Å²) in [6.45, 7) is 3.50. The molecule has 2 aliphatic rings. The van der Waals surface area contributed by atoms with Gasteiger partial charge in [-0.1, -0.05) is 0 Å². The van der Waals surface area contributed by atoms with Crippen molar-refractivity contribution in [1.82, 2.24) is 0 Å². The van der Waals surface area contributed by atoms with Crippen molar-refractivity contribution < 1.29 is 9.47 Å². The first kappa shape index (κ1) is 9.44. The Morgan fingerprint density at radius 1 is 0.923 bits per heavy atom. The van der Waals surface area contributed by atoms with Crippen LogP contribution in [0.25, 0.3) is 0 Å². The molecule has 0 saturated carbocycles. The average molecular weight is 185 g/mol. The van der Waals surface area contributed by atoms with Gasteiger partial charge >= 0.3 is 0 Å². The van der Waals surface area contributed by atoms with Crippen LogP contribution in [-0.2, 0) is 9.47 Å². The molecule has 2 unspecified atom stereocenters. The lowest BCUT2D eigenvalue weighted by Gasteiger charge is -2.36. The highest BCUT2D eigenvalue weighted by atomic mass is 16.5. The van der Waals surface area contributed by atoms with E-state index in [4.69, 9.17) is 15.2 Å². The molecule has 76 valence electrons. The quantitative estimate of drug-likeness (QED) is 0.656. The fourth-order valence-electron chi connectivity index (χ4n) is 2.51. The van der Waals surface area contributed by atoms with Crippen LogP contribution in [0.3, 0.4) is 0 Å². The van der Waals surface area contributed by atoms with Gasteiger partial charge in [-0.3, -0.25) is 0 Å². The highest BCUT2D eigenvalue weighted by Gasteiger charge is 2.30. The molecule has 0 amide bonds. The lowest BCUT2D eigenvalue weighted by Crippen LogP contribution is -2.44. The van der Waals surface area contributed by atoms with Crippen LogP contribution in [0.15, 0.2) is 0 Å². The van der Waals surface area contributed by atoms with Crippen molar-refractivity contribution >= 4 is 0 Å². The van der Waals surface area contributed by atoms with Crippen molar-refractivity contribution in [1.29, 1.82) is 0 Å². The first-order chi connectivity index (χ1) is 6.38. The summed E-state index contributed by atoms with van der Waals surface area (Å²) in [6, 6.07) is 0.261. The van der Waals surface area contributed by atoms with E-state index in [0.29, 0.717) is 5.92 Å². The van der Waals surface area contributed by atoms with E-state index in [1.54, 1.807) is 0 Å². The van der Waals surface area contributed by atoms with Gasteiger partial charge in [-0.25, -0.2) is 0 Å². The molecule has 0 aromatic heterocycles. The molecule has 3 heteroatoms. The molecule has 13 heavy (non-hydrogen) atoms. The van der Waals surface area contributed by atoms with E-state index in [2.05, 4.69) is 0 Å². The van der Waals surface area contributed by atoms with Crippen molar-refractivity contribution in [2.75, 3.05) is 26.4 Å². The zero-order valence-corrected chi connectivity index (χ0v) is 8.08. The van der Waals surface area contributed by atoms with Crippen LogP contribution in [0, 0.1) is 11.8 Å². The van der Waals surface area contributed by atoms with Gasteiger partial charge in [0.05, 0.1) is 6.61 Å². The minimum atomic E-state index is 0.261. The molecule has 2 saturated heterocycles. The highest BCUT2D eigenvalue weighted by Crippen LogP contribution is 2.30.